The average molecular weight is 386 g/mol. The first-order valence-electron chi connectivity index (χ1n) is 8.45. The molecule has 1 aliphatic heterocycles. The summed E-state index contributed by atoms with van der Waals surface area (Å²) in [5, 5.41) is 3.50. The van der Waals surface area contributed by atoms with Crippen molar-refractivity contribution in [1.29, 1.82) is 0 Å². The van der Waals surface area contributed by atoms with Gasteiger partial charge in [0.25, 0.3) is 5.56 Å². The summed E-state index contributed by atoms with van der Waals surface area (Å²) >= 11 is 6.24. The molecule has 138 valence electrons. The highest BCUT2D eigenvalue weighted by Gasteiger charge is 2.16. The van der Waals surface area contributed by atoms with Crippen LogP contribution < -0.4 is 20.3 Å². The summed E-state index contributed by atoms with van der Waals surface area (Å²) in [5.74, 6) is 0.674. The van der Waals surface area contributed by atoms with Gasteiger partial charge >= 0.3 is 0 Å². The smallest absolute Gasteiger partial charge is 0.261 e. The Hall–Kier alpha value is -3.06. The summed E-state index contributed by atoms with van der Waals surface area (Å²) in [6.45, 7) is 0.897. The van der Waals surface area contributed by atoms with E-state index < -0.39 is 5.91 Å². The van der Waals surface area contributed by atoms with E-state index in [0.717, 1.165) is 6.42 Å². The van der Waals surface area contributed by atoms with E-state index in [2.05, 4.69) is 10.3 Å². The van der Waals surface area contributed by atoms with Crippen molar-refractivity contribution in [2.75, 3.05) is 18.5 Å². The number of hydrogen-bond acceptors (Lipinski definition) is 5. The molecule has 0 fully saturated rings. The average Bonchev–Trinajstić information content (AvgIpc) is 2.89. The number of amides is 1. The first kappa shape index (κ1) is 17.4. The van der Waals surface area contributed by atoms with Gasteiger partial charge in [0.15, 0.2) is 11.5 Å². The third-order valence-corrected chi connectivity index (χ3v) is 4.47. The Kier molecular flexibility index (Phi) is 4.68. The van der Waals surface area contributed by atoms with Crippen LogP contribution in [0.15, 0.2) is 47.5 Å². The van der Waals surface area contributed by atoms with E-state index in [9.17, 15) is 9.59 Å². The molecule has 0 saturated carbocycles. The lowest BCUT2D eigenvalue weighted by molar-refractivity contribution is -0.116. The number of rotatable bonds is 3. The van der Waals surface area contributed by atoms with Gasteiger partial charge in [0, 0.05) is 18.6 Å². The van der Waals surface area contributed by atoms with E-state index in [1.54, 1.807) is 36.4 Å². The largest absolute Gasteiger partial charge is 0.490 e. The molecule has 7 nitrogen and oxygen atoms in total. The number of halogens is 1. The van der Waals surface area contributed by atoms with Crippen molar-refractivity contribution in [2.24, 2.45) is 0 Å². The van der Waals surface area contributed by atoms with Crippen LogP contribution in [0.25, 0.3) is 10.9 Å². The molecule has 27 heavy (non-hydrogen) atoms. The Balaban J connectivity index is 1.56. The number of ether oxygens (including phenoxy) is 2. The molecule has 0 unspecified atom stereocenters. The lowest BCUT2D eigenvalue weighted by Crippen LogP contribution is -2.28. The van der Waals surface area contributed by atoms with Crippen LogP contribution in [0.2, 0.25) is 5.02 Å². The molecule has 0 bridgehead atoms. The summed E-state index contributed by atoms with van der Waals surface area (Å²) in [7, 11) is 0. The number of benzene rings is 2. The number of carbonyl (C=O) groups excluding carboxylic acids is 1. The zero-order chi connectivity index (χ0) is 18.8. The van der Waals surface area contributed by atoms with Crippen LogP contribution in [0, 0.1) is 0 Å². The fourth-order valence-electron chi connectivity index (χ4n) is 2.84. The number of hydrogen-bond donors (Lipinski definition) is 1. The summed E-state index contributed by atoms with van der Waals surface area (Å²) in [6, 6.07) is 10.2. The van der Waals surface area contributed by atoms with Crippen LogP contribution >= 0.6 is 11.6 Å². The van der Waals surface area contributed by atoms with Crippen molar-refractivity contribution in [1.82, 2.24) is 9.55 Å². The van der Waals surface area contributed by atoms with E-state index in [4.69, 9.17) is 21.1 Å². The number of fused-ring (bicyclic) bond motifs is 2. The lowest BCUT2D eigenvalue weighted by Gasteiger charge is -2.13. The summed E-state index contributed by atoms with van der Waals surface area (Å²) in [4.78, 5) is 29.1. The number of nitrogens with zero attached hydrogens (tertiary/aromatic N) is 2. The predicted octanol–water partition coefficient (Wildman–Crippen LogP) is 2.85. The first-order chi connectivity index (χ1) is 13.1. The lowest BCUT2D eigenvalue weighted by atomic mass is 10.2. The summed E-state index contributed by atoms with van der Waals surface area (Å²) in [6.07, 6.45) is 2.13. The van der Waals surface area contributed by atoms with Gasteiger partial charge in [-0.05, 0) is 12.1 Å². The number of nitrogens with one attached hydrogen (secondary N) is 1. The van der Waals surface area contributed by atoms with Gasteiger partial charge in [-0.25, -0.2) is 4.98 Å². The third-order valence-electron chi connectivity index (χ3n) is 4.16. The second-order valence-electron chi connectivity index (χ2n) is 6.07. The SMILES string of the molecule is O=C(Cn1cnc2ccccc2c1=O)Nc1cc2c(cc1Cl)OCCCO2. The molecule has 4 rings (SSSR count). The summed E-state index contributed by atoms with van der Waals surface area (Å²) < 4.78 is 12.4. The minimum Gasteiger partial charge on any atom is -0.490 e. The van der Waals surface area contributed by atoms with Gasteiger partial charge in [0.1, 0.15) is 6.54 Å². The Morgan fingerprint density at radius 3 is 2.74 bits per heavy atom. The molecule has 0 spiro atoms. The minimum atomic E-state index is -0.398. The highest BCUT2D eigenvalue weighted by molar-refractivity contribution is 6.34. The monoisotopic (exact) mass is 385 g/mol. The fourth-order valence-corrected chi connectivity index (χ4v) is 3.04. The molecule has 1 aliphatic rings. The zero-order valence-electron chi connectivity index (χ0n) is 14.3. The zero-order valence-corrected chi connectivity index (χ0v) is 15.0. The Morgan fingerprint density at radius 2 is 1.93 bits per heavy atom. The van der Waals surface area contributed by atoms with E-state index >= 15 is 0 Å². The number of para-hydroxylation sites is 1. The normalized spacial score (nSPS) is 13.2. The maximum absolute atomic E-state index is 12.5. The molecule has 3 aromatic rings. The number of carbonyl (C=O) groups is 1. The van der Waals surface area contributed by atoms with Crippen LogP contribution in [0.3, 0.4) is 0 Å². The van der Waals surface area contributed by atoms with Gasteiger partial charge in [0.2, 0.25) is 5.91 Å². The predicted molar refractivity (Wildman–Crippen MR) is 102 cm³/mol. The van der Waals surface area contributed by atoms with Crippen molar-refractivity contribution >= 4 is 34.1 Å². The maximum atomic E-state index is 12.5. The Labute approximate surface area is 159 Å². The van der Waals surface area contributed by atoms with Crippen molar-refractivity contribution in [2.45, 2.75) is 13.0 Å². The van der Waals surface area contributed by atoms with Gasteiger partial charge in [0.05, 0.1) is 41.2 Å². The van der Waals surface area contributed by atoms with Gasteiger partial charge in [-0.1, -0.05) is 23.7 Å². The van der Waals surface area contributed by atoms with E-state index in [1.165, 1.54) is 10.9 Å². The number of aromatic nitrogens is 2. The molecule has 1 N–H and O–H groups in total. The van der Waals surface area contributed by atoms with Gasteiger partial charge in [-0.2, -0.15) is 0 Å². The molecule has 8 heteroatoms. The molecule has 0 aliphatic carbocycles. The van der Waals surface area contributed by atoms with Crippen LogP contribution in [0.1, 0.15) is 6.42 Å². The molecule has 1 amide bonds. The summed E-state index contributed by atoms with van der Waals surface area (Å²) in [5.41, 5.74) is 0.707. The maximum Gasteiger partial charge on any atom is 0.261 e. The third kappa shape index (κ3) is 3.59. The van der Waals surface area contributed by atoms with E-state index in [0.29, 0.717) is 46.3 Å². The van der Waals surface area contributed by atoms with E-state index in [-0.39, 0.29) is 12.1 Å². The standard InChI is InChI=1S/C19H16ClN3O4/c20-13-8-16-17(27-7-3-6-26-16)9-15(13)22-18(24)10-23-11-21-14-5-2-1-4-12(14)19(23)25/h1-2,4-5,8-9,11H,3,6-7,10H2,(H,22,24). The minimum absolute atomic E-state index is 0.179. The quantitative estimate of drug-likeness (QED) is 0.749. The van der Waals surface area contributed by atoms with Gasteiger partial charge < -0.3 is 14.8 Å². The Bertz CT molecular complexity index is 1080. The van der Waals surface area contributed by atoms with Crippen molar-refractivity contribution < 1.29 is 14.3 Å². The molecule has 0 atom stereocenters. The second-order valence-corrected chi connectivity index (χ2v) is 6.48. The van der Waals surface area contributed by atoms with Crippen molar-refractivity contribution in [3.05, 3.63) is 58.1 Å². The van der Waals surface area contributed by atoms with Crippen molar-refractivity contribution in [3.63, 3.8) is 0 Å². The number of anilines is 1. The Morgan fingerprint density at radius 1 is 1.19 bits per heavy atom. The molecule has 1 aromatic heterocycles. The van der Waals surface area contributed by atoms with Crippen LogP contribution in [-0.4, -0.2) is 28.7 Å². The molecule has 0 radical (unpaired) electrons. The highest BCUT2D eigenvalue weighted by Crippen LogP contribution is 2.37. The van der Waals surface area contributed by atoms with Gasteiger partial charge in [-0.3, -0.25) is 14.2 Å². The second kappa shape index (κ2) is 7.28. The van der Waals surface area contributed by atoms with Crippen LogP contribution in [0.4, 0.5) is 5.69 Å². The van der Waals surface area contributed by atoms with Crippen LogP contribution in [-0.2, 0) is 11.3 Å². The highest BCUT2D eigenvalue weighted by atomic mass is 35.5. The fraction of sp³-hybridized carbons (Fsp3) is 0.211. The first-order valence-corrected chi connectivity index (χ1v) is 8.83. The molecule has 2 heterocycles. The van der Waals surface area contributed by atoms with Crippen molar-refractivity contribution in [3.8, 4) is 11.5 Å². The van der Waals surface area contributed by atoms with E-state index in [1.807, 2.05) is 0 Å². The van der Waals surface area contributed by atoms with Crippen LogP contribution in [0.5, 0.6) is 11.5 Å². The molecular formula is C19H16ClN3O4. The molecule has 2 aromatic carbocycles. The molecule has 0 saturated heterocycles. The van der Waals surface area contributed by atoms with Gasteiger partial charge in [-0.15, -0.1) is 0 Å². The topological polar surface area (TPSA) is 82.5 Å². The molecular weight excluding hydrogens is 370 g/mol.